The minimum Gasteiger partial charge on any atom is -0.291 e. The van der Waals surface area contributed by atoms with E-state index in [2.05, 4.69) is 131 Å². The van der Waals surface area contributed by atoms with E-state index in [4.69, 9.17) is 10.1 Å². The molecule has 4 nitrogen and oxygen atoms in total. The molecule has 4 heteroatoms. The Morgan fingerprint density at radius 2 is 1.23 bits per heavy atom. The molecule has 0 aliphatic carbocycles. The number of para-hydroxylation sites is 2. The van der Waals surface area contributed by atoms with E-state index < -0.39 is 5.66 Å². The minimum absolute atomic E-state index is 0.756. The topological polar surface area (TPSA) is 31.7 Å². The van der Waals surface area contributed by atoms with Crippen LogP contribution >= 0.6 is 0 Å². The SMILES string of the molecule is C1=Cc2ccccc2N2C1=NN(c1ccc3ccccc3n1)C2(c1ccccc1)c1ccccc1. The first-order valence-corrected chi connectivity index (χ1v) is 11.8. The van der Waals surface area contributed by atoms with Gasteiger partial charge in [0.1, 0.15) is 0 Å². The summed E-state index contributed by atoms with van der Waals surface area (Å²) in [5.74, 6) is 1.68. The fraction of sp³-hybridized carbons (Fsp3) is 0.0323. The van der Waals surface area contributed by atoms with Crippen molar-refractivity contribution >= 4 is 34.3 Å². The van der Waals surface area contributed by atoms with Crippen molar-refractivity contribution in [1.29, 1.82) is 0 Å². The van der Waals surface area contributed by atoms with Gasteiger partial charge in [0.25, 0.3) is 0 Å². The maximum atomic E-state index is 5.22. The van der Waals surface area contributed by atoms with Gasteiger partial charge in [-0.25, -0.2) is 9.99 Å². The van der Waals surface area contributed by atoms with Crippen molar-refractivity contribution in [1.82, 2.24) is 4.98 Å². The Morgan fingerprint density at radius 3 is 2.00 bits per heavy atom. The normalized spacial score (nSPS) is 15.6. The lowest BCUT2D eigenvalue weighted by Gasteiger charge is -2.45. The summed E-state index contributed by atoms with van der Waals surface area (Å²) in [6.45, 7) is 0. The van der Waals surface area contributed by atoms with E-state index in [0.29, 0.717) is 0 Å². The van der Waals surface area contributed by atoms with Crippen LogP contribution in [0.15, 0.2) is 133 Å². The zero-order valence-corrected chi connectivity index (χ0v) is 19.0. The van der Waals surface area contributed by atoms with Crippen molar-refractivity contribution in [2.45, 2.75) is 5.66 Å². The highest BCUT2D eigenvalue weighted by Crippen LogP contribution is 2.50. The predicted molar refractivity (Wildman–Crippen MR) is 143 cm³/mol. The lowest BCUT2D eigenvalue weighted by Crippen LogP contribution is -2.55. The number of hydrogen-bond acceptors (Lipinski definition) is 4. The molecule has 2 aliphatic rings. The summed E-state index contributed by atoms with van der Waals surface area (Å²) in [5, 5.41) is 8.42. The van der Waals surface area contributed by atoms with Gasteiger partial charge in [-0.05, 0) is 42.0 Å². The third-order valence-corrected chi connectivity index (χ3v) is 6.80. The average Bonchev–Trinajstić information content (AvgIpc) is 3.30. The minimum atomic E-state index is -0.756. The molecule has 4 aromatic carbocycles. The van der Waals surface area contributed by atoms with Crippen LogP contribution in [0.1, 0.15) is 16.7 Å². The van der Waals surface area contributed by atoms with Gasteiger partial charge in [-0.2, -0.15) is 0 Å². The first-order valence-electron chi connectivity index (χ1n) is 11.8. The molecule has 0 atom stereocenters. The van der Waals surface area contributed by atoms with E-state index >= 15 is 0 Å². The molecule has 3 heterocycles. The van der Waals surface area contributed by atoms with Gasteiger partial charge in [-0.1, -0.05) is 97.1 Å². The number of anilines is 2. The molecule has 7 rings (SSSR count). The molecule has 0 radical (unpaired) electrons. The summed E-state index contributed by atoms with van der Waals surface area (Å²) >= 11 is 0. The smallest absolute Gasteiger partial charge is 0.193 e. The molecule has 35 heavy (non-hydrogen) atoms. The first kappa shape index (κ1) is 19.7. The number of hydrazone groups is 1. The number of fused-ring (bicyclic) bond motifs is 4. The van der Waals surface area contributed by atoms with Crippen molar-refractivity contribution < 1.29 is 0 Å². The molecule has 0 spiro atoms. The van der Waals surface area contributed by atoms with Crippen molar-refractivity contribution in [2.24, 2.45) is 5.10 Å². The highest BCUT2D eigenvalue weighted by Gasteiger charge is 2.54. The van der Waals surface area contributed by atoms with Gasteiger partial charge in [0.05, 0.1) is 11.2 Å². The molecule has 0 saturated heterocycles. The number of aromatic nitrogens is 1. The van der Waals surface area contributed by atoms with Crippen molar-refractivity contribution in [3.8, 4) is 0 Å². The summed E-state index contributed by atoms with van der Waals surface area (Å²) < 4.78 is 0. The Hall–Kier alpha value is -4.70. The standard InChI is InChI=1S/C31H22N4/c1-3-13-25(14-4-1)31(26-15-5-2-6-16-26)34-28-18-10-8-12-24(28)20-22-30(34)33-35(31)29-21-19-23-11-7-9-17-27(23)32-29/h1-22H. The molecule has 0 unspecified atom stereocenters. The second kappa shape index (κ2) is 7.67. The second-order valence-electron chi connectivity index (χ2n) is 8.76. The lowest BCUT2D eigenvalue weighted by molar-refractivity contribution is 0.527. The molecule has 5 aromatic rings. The van der Waals surface area contributed by atoms with Crippen molar-refractivity contribution in [3.05, 3.63) is 144 Å². The van der Waals surface area contributed by atoms with Gasteiger partial charge in [0.2, 0.25) is 0 Å². The van der Waals surface area contributed by atoms with E-state index in [0.717, 1.165) is 44.9 Å². The zero-order chi connectivity index (χ0) is 23.2. The molecular weight excluding hydrogens is 428 g/mol. The van der Waals surface area contributed by atoms with Crippen LogP contribution in [-0.2, 0) is 5.66 Å². The Balaban J connectivity index is 1.57. The average molecular weight is 451 g/mol. The molecule has 0 saturated carbocycles. The number of pyridine rings is 1. The summed E-state index contributed by atoms with van der Waals surface area (Å²) in [6.07, 6.45) is 4.24. The molecule has 1 aromatic heterocycles. The number of nitrogens with zero attached hydrogens (tertiary/aromatic N) is 4. The Morgan fingerprint density at radius 1 is 0.571 bits per heavy atom. The van der Waals surface area contributed by atoms with Crippen LogP contribution in [0.25, 0.3) is 17.0 Å². The van der Waals surface area contributed by atoms with Crippen LogP contribution in [0.4, 0.5) is 11.5 Å². The van der Waals surface area contributed by atoms with E-state index in [1.807, 2.05) is 12.1 Å². The van der Waals surface area contributed by atoms with Crippen LogP contribution in [0.3, 0.4) is 0 Å². The van der Waals surface area contributed by atoms with Gasteiger partial charge in [-0.15, -0.1) is 5.10 Å². The molecule has 0 N–H and O–H groups in total. The Labute approximate surface area is 204 Å². The number of hydrogen-bond donors (Lipinski definition) is 0. The third kappa shape index (κ3) is 2.87. The van der Waals surface area contributed by atoms with E-state index in [1.165, 1.54) is 0 Å². The second-order valence-corrected chi connectivity index (χ2v) is 8.76. The van der Waals surface area contributed by atoms with Crippen molar-refractivity contribution in [3.63, 3.8) is 0 Å². The molecule has 0 amide bonds. The Kier molecular flexibility index (Phi) is 4.33. The summed E-state index contributed by atoms with van der Waals surface area (Å²) in [6, 6.07) is 42.1. The van der Waals surface area contributed by atoms with Gasteiger partial charge >= 0.3 is 0 Å². The third-order valence-electron chi connectivity index (χ3n) is 6.80. The fourth-order valence-electron chi connectivity index (χ4n) is 5.28. The first-order chi connectivity index (χ1) is 17.4. The number of amidine groups is 1. The van der Waals surface area contributed by atoms with Gasteiger partial charge in [0, 0.05) is 16.5 Å². The molecule has 0 fully saturated rings. The zero-order valence-electron chi connectivity index (χ0n) is 19.0. The maximum Gasteiger partial charge on any atom is 0.193 e. The quantitative estimate of drug-likeness (QED) is 0.303. The van der Waals surface area contributed by atoms with Crippen LogP contribution in [0.2, 0.25) is 0 Å². The van der Waals surface area contributed by atoms with E-state index in [-0.39, 0.29) is 0 Å². The van der Waals surface area contributed by atoms with Crippen LogP contribution in [0.5, 0.6) is 0 Å². The number of benzene rings is 4. The molecule has 0 bridgehead atoms. The largest absolute Gasteiger partial charge is 0.291 e. The fourth-order valence-corrected chi connectivity index (χ4v) is 5.28. The van der Waals surface area contributed by atoms with Crippen LogP contribution < -0.4 is 9.91 Å². The maximum absolute atomic E-state index is 5.22. The highest BCUT2D eigenvalue weighted by atomic mass is 15.7. The Bertz CT molecular complexity index is 1570. The molecule has 166 valence electrons. The summed E-state index contributed by atoms with van der Waals surface area (Å²) in [5.41, 5.74) is 4.70. The van der Waals surface area contributed by atoms with Gasteiger partial charge in [-0.3, -0.25) is 4.90 Å². The van der Waals surface area contributed by atoms with E-state index in [9.17, 15) is 0 Å². The monoisotopic (exact) mass is 450 g/mol. The predicted octanol–water partition coefficient (Wildman–Crippen LogP) is 6.80. The van der Waals surface area contributed by atoms with E-state index in [1.54, 1.807) is 0 Å². The van der Waals surface area contributed by atoms with Crippen LogP contribution in [-0.4, -0.2) is 10.8 Å². The van der Waals surface area contributed by atoms with Crippen molar-refractivity contribution in [2.75, 3.05) is 9.91 Å². The molecule has 2 aliphatic heterocycles. The van der Waals surface area contributed by atoms with Gasteiger partial charge < -0.3 is 0 Å². The summed E-state index contributed by atoms with van der Waals surface area (Å²) in [4.78, 5) is 7.44. The summed E-state index contributed by atoms with van der Waals surface area (Å²) in [7, 11) is 0. The van der Waals surface area contributed by atoms with Gasteiger partial charge in [0.15, 0.2) is 17.3 Å². The lowest BCUT2D eigenvalue weighted by atomic mass is 9.87. The highest BCUT2D eigenvalue weighted by molar-refractivity contribution is 6.15. The molecular formula is C31H22N4. The van der Waals surface area contributed by atoms with Crippen LogP contribution in [0, 0.1) is 0 Å². The number of rotatable bonds is 3.